The monoisotopic (exact) mass is 456 g/mol. The van der Waals surface area contributed by atoms with Crippen molar-refractivity contribution in [3.05, 3.63) is 35.4 Å². The van der Waals surface area contributed by atoms with Crippen LogP contribution in [0.3, 0.4) is 0 Å². The van der Waals surface area contributed by atoms with Crippen molar-refractivity contribution in [1.82, 2.24) is 10.2 Å². The summed E-state index contributed by atoms with van der Waals surface area (Å²) in [5, 5.41) is 21.7. The van der Waals surface area contributed by atoms with Gasteiger partial charge in [-0.1, -0.05) is 44.2 Å². The first-order valence-electron chi connectivity index (χ1n) is 12.6. The van der Waals surface area contributed by atoms with Crippen LogP contribution < -0.4 is 11.1 Å². The van der Waals surface area contributed by atoms with Gasteiger partial charge >= 0.3 is 6.03 Å². The number of urea groups is 1. The number of carbonyl (C=O) groups is 1. The predicted molar refractivity (Wildman–Crippen MR) is 128 cm³/mol. The molecule has 1 saturated heterocycles. The summed E-state index contributed by atoms with van der Waals surface area (Å²) >= 11 is 0. The van der Waals surface area contributed by atoms with E-state index in [1.165, 1.54) is 32.1 Å². The fourth-order valence-corrected chi connectivity index (χ4v) is 5.31. The molecule has 1 heterocycles. The Hall–Kier alpha value is -2.14. The number of hydrogen-bond acceptors (Lipinski definition) is 5. The average molecular weight is 457 g/mol. The maximum absolute atomic E-state index is 13.1. The molecule has 1 aromatic rings. The number of amides is 2. The third-order valence-corrected chi connectivity index (χ3v) is 7.07. The first-order chi connectivity index (χ1) is 16.1. The predicted octanol–water partition coefficient (Wildman–Crippen LogP) is 3.72. The SMILES string of the molecule is N#Cc1cccc([C@H](OCCCO)[C@@H]2CCCN(C(=O)N[C@H](CN)CC3CCCCC3)C2)c1. The summed E-state index contributed by atoms with van der Waals surface area (Å²) < 4.78 is 6.19. The van der Waals surface area contributed by atoms with Crippen LogP contribution in [0.15, 0.2) is 24.3 Å². The molecule has 1 saturated carbocycles. The van der Waals surface area contributed by atoms with Crippen LogP contribution in [0.4, 0.5) is 4.79 Å². The Morgan fingerprint density at radius 2 is 2.09 bits per heavy atom. The number of nitrogens with two attached hydrogens (primary N) is 1. The molecule has 0 aromatic heterocycles. The van der Waals surface area contributed by atoms with Crippen LogP contribution in [0.5, 0.6) is 0 Å². The number of likely N-dealkylation sites (tertiary alicyclic amines) is 1. The molecule has 3 rings (SSSR count). The lowest BCUT2D eigenvalue weighted by Crippen LogP contribution is -2.51. The molecule has 3 atom stereocenters. The van der Waals surface area contributed by atoms with Gasteiger partial charge in [0.15, 0.2) is 0 Å². The molecule has 2 aliphatic rings. The highest BCUT2D eigenvalue weighted by molar-refractivity contribution is 5.74. The topological polar surface area (TPSA) is 112 Å². The fourth-order valence-electron chi connectivity index (χ4n) is 5.31. The van der Waals surface area contributed by atoms with Crippen molar-refractivity contribution in [2.24, 2.45) is 17.6 Å². The van der Waals surface area contributed by atoms with Crippen molar-refractivity contribution in [1.29, 1.82) is 5.26 Å². The van der Waals surface area contributed by atoms with Gasteiger partial charge in [0.25, 0.3) is 0 Å². The molecule has 1 aliphatic carbocycles. The van der Waals surface area contributed by atoms with E-state index in [1.54, 1.807) is 6.07 Å². The van der Waals surface area contributed by atoms with Crippen LogP contribution in [0, 0.1) is 23.2 Å². The van der Waals surface area contributed by atoms with Crippen molar-refractivity contribution in [2.45, 2.75) is 69.9 Å². The van der Waals surface area contributed by atoms with Gasteiger partial charge in [-0.05, 0) is 49.3 Å². The second kappa shape index (κ2) is 13.5. The number of piperidine rings is 1. The van der Waals surface area contributed by atoms with E-state index in [1.807, 2.05) is 23.1 Å². The minimum atomic E-state index is -0.215. The highest BCUT2D eigenvalue weighted by Crippen LogP contribution is 2.34. The standard InChI is InChI=1S/C26H40N4O3/c27-17-21-9-4-10-22(15-21)25(33-14-6-13-31)23-11-5-12-30(19-23)26(32)29-24(18-28)16-20-7-2-1-3-8-20/h4,9-10,15,20,23-25,31H,1-3,5-8,11-14,16,18-19,28H2,(H,29,32)/t23-,24+,25+/m1/s1. The quantitative estimate of drug-likeness (QED) is 0.465. The Morgan fingerprint density at radius 3 is 2.82 bits per heavy atom. The van der Waals surface area contributed by atoms with Gasteiger partial charge in [-0.2, -0.15) is 5.26 Å². The lowest BCUT2D eigenvalue weighted by molar-refractivity contribution is -0.0150. The number of benzene rings is 1. The second-order valence-electron chi connectivity index (χ2n) is 9.58. The molecular weight excluding hydrogens is 416 g/mol. The van der Waals surface area contributed by atoms with Gasteiger partial charge in [0.05, 0.1) is 17.7 Å². The van der Waals surface area contributed by atoms with E-state index in [-0.39, 0.29) is 30.7 Å². The highest BCUT2D eigenvalue weighted by atomic mass is 16.5. The Labute approximate surface area is 198 Å². The maximum Gasteiger partial charge on any atom is 0.317 e. The zero-order chi connectivity index (χ0) is 23.5. The van der Waals surface area contributed by atoms with E-state index in [2.05, 4.69) is 11.4 Å². The van der Waals surface area contributed by atoms with E-state index < -0.39 is 0 Å². The van der Waals surface area contributed by atoms with E-state index in [9.17, 15) is 15.2 Å². The molecule has 33 heavy (non-hydrogen) atoms. The molecule has 1 aliphatic heterocycles. The number of nitriles is 1. The molecule has 0 spiro atoms. The largest absolute Gasteiger partial charge is 0.396 e. The molecule has 2 fully saturated rings. The first kappa shape index (κ1) is 25.5. The Morgan fingerprint density at radius 1 is 1.27 bits per heavy atom. The van der Waals surface area contributed by atoms with E-state index in [0.29, 0.717) is 37.6 Å². The van der Waals surface area contributed by atoms with Gasteiger partial charge in [0.2, 0.25) is 0 Å². The van der Waals surface area contributed by atoms with Crippen molar-refractivity contribution in [3.63, 3.8) is 0 Å². The van der Waals surface area contributed by atoms with Gasteiger partial charge in [0.1, 0.15) is 0 Å². The first-order valence-corrected chi connectivity index (χ1v) is 12.6. The smallest absolute Gasteiger partial charge is 0.317 e. The molecule has 1 aromatic carbocycles. The van der Waals surface area contributed by atoms with Crippen LogP contribution in [0.25, 0.3) is 0 Å². The fraction of sp³-hybridized carbons (Fsp3) is 0.692. The van der Waals surface area contributed by atoms with E-state index in [4.69, 9.17) is 10.5 Å². The maximum atomic E-state index is 13.1. The molecule has 0 bridgehead atoms. The van der Waals surface area contributed by atoms with Gasteiger partial charge < -0.3 is 25.8 Å². The van der Waals surface area contributed by atoms with Crippen molar-refractivity contribution in [2.75, 3.05) is 32.8 Å². The minimum Gasteiger partial charge on any atom is -0.396 e. The summed E-state index contributed by atoms with van der Waals surface area (Å²) in [6, 6.07) is 9.70. The number of rotatable bonds is 10. The lowest BCUT2D eigenvalue weighted by Gasteiger charge is -2.38. The van der Waals surface area contributed by atoms with Crippen LogP contribution in [0.2, 0.25) is 0 Å². The van der Waals surface area contributed by atoms with Crippen molar-refractivity contribution in [3.8, 4) is 6.07 Å². The molecular formula is C26H40N4O3. The highest BCUT2D eigenvalue weighted by Gasteiger charge is 2.32. The zero-order valence-corrected chi connectivity index (χ0v) is 19.8. The minimum absolute atomic E-state index is 0.0184. The third-order valence-electron chi connectivity index (χ3n) is 7.07. The molecule has 4 N–H and O–H groups in total. The normalized spacial score (nSPS) is 21.2. The molecule has 0 radical (unpaired) electrons. The summed E-state index contributed by atoms with van der Waals surface area (Å²) in [5.41, 5.74) is 7.57. The molecule has 0 unspecified atom stereocenters. The van der Waals surface area contributed by atoms with Crippen molar-refractivity contribution >= 4 is 6.03 Å². The summed E-state index contributed by atoms with van der Waals surface area (Å²) in [6.45, 7) is 2.31. The summed E-state index contributed by atoms with van der Waals surface area (Å²) in [5.74, 6) is 0.797. The summed E-state index contributed by atoms with van der Waals surface area (Å²) in [4.78, 5) is 15.0. The number of ether oxygens (including phenoxy) is 1. The Balaban J connectivity index is 1.63. The second-order valence-corrected chi connectivity index (χ2v) is 9.58. The summed E-state index contributed by atoms with van der Waals surface area (Å²) in [6.07, 6.45) is 9.55. The van der Waals surface area contributed by atoms with Gasteiger partial charge in [-0.15, -0.1) is 0 Å². The van der Waals surface area contributed by atoms with Crippen LogP contribution in [-0.2, 0) is 4.74 Å². The molecule has 7 nitrogen and oxygen atoms in total. The lowest BCUT2D eigenvalue weighted by atomic mass is 9.85. The van der Waals surface area contributed by atoms with E-state index in [0.717, 1.165) is 31.4 Å². The van der Waals surface area contributed by atoms with Gasteiger partial charge in [0, 0.05) is 44.8 Å². The van der Waals surface area contributed by atoms with Crippen LogP contribution in [0.1, 0.15) is 75.0 Å². The molecule has 7 heteroatoms. The Kier molecular flexibility index (Phi) is 10.5. The summed E-state index contributed by atoms with van der Waals surface area (Å²) in [7, 11) is 0. The average Bonchev–Trinajstić information content (AvgIpc) is 2.87. The number of aliphatic hydroxyl groups excluding tert-OH is 1. The number of carbonyl (C=O) groups excluding carboxylic acids is 1. The number of nitrogens with zero attached hydrogens (tertiary/aromatic N) is 2. The third kappa shape index (κ3) is 7.70. The molecule has 182 valence electrons. The Bertz CT molecular complexity index is 775. The van der Waals surface area contributed by atoms with Crippen LogP contribution in [-0.4, -0.2) is 54.9 Å². The number of hydrogen-bond donors (Lipinski definition) is 3. The number of aliphatic hydroxyl groups is 1. The number of nitrogens with one attached hydrogen (secondary N) is 1. The van der Waals surface area contributed by atoms with Crippen molar-refractivity contribution < 1.29 is 14.6 Å². The van der Waals surface area contributed by atoms with E-state index >= 15 is 0 Å². The zero-order valence-electron chi connectivity index (χ0n) is 19.8. The van der Waals surface area contributed by atoms with Crippen LogP contribution >= 0.6 is 0 Å². The van der Waals surface area contributed by atoms with Gasteiger partial charge in [-0.3, -0.25) is 0 Å². The molecule has 2 amide bonds. The van der Waals surface area contributed by atoms with Gasteiger partial charge in [-0.25, -0.2) is 4.79 Å².